The molecule has 0 aliphatic carbocycles. The van der Waals surface area contributed by atoms with Gasteiger partial charge in [-0.2, -0.15) is 5.10 Å². The molecule has 2 aromatic rings. The van der Waals surface area contributed by atoms with Gasteiger partial charge in [-0.25, -0.2) is 5.43 Å². The molecule has 2 rings (SSSR count). The Labute approximate surface area is 118 Å². The van der Waals surface area contributed by atoms with Gasteiger partial charge in [0.15, 0.2) is 5.76 Å². The van der Waals surface area contributed by atoms with Crippen LogP contribution in [0.1, 0.15) is 16.1 Å². The van der Waals surface area contributed by atoms with E-state index in [4.69, 9.17) is 9.15 Å². The maximum Gasteiger partial charge on any atom is 0.307 e. The summed E-state index contributed by atoms with van der Waals surface area (Å²) in [6, 6.07) is 8.69. The molecule has 6 heteroatoms. The Kier molecular flexibility index (Phi) is 4.35. The van der Waals surface area contributed by atoms with E-state index in [1.165, 1.54) is 12.5 Å². The molecule has 0 bridgehead atoms. The predicted octanol–water partition coefficient (Wildman–Crippen LogP) is 2.81. The quantitative estimate of drug-likeness (QED) is 0.695. The Morgan fingerprint density at radius 1 is 1.47 bits per heavy atom. The van der Waals surface area contributed by atoms with Crippen LogP contribution in [0.2, 0.25) is 0 Å². The number of ether oxygens (including phenoxy) is 1. The molecule has 1 heterocycles. The highest BCUT2D eigenvalue weighted by molar-refractivity contribution is 9.10. The SMILES string of the molecule is COc1ccc(Br)cc1/C=N/NC(=O)c1ccco1. The van der Waals surface area contributed by atoms with Gasteiger partial charge in [0.25, 0.3) is 0 Å². The minimum Gasteiger partial charge on any atom is -0.496 e. The van der Waals surface area contributed by atoms with Crippen molar-refractivity contribution in [2.45, 2.75) is 0 Å². The van der Waals surface area contributed by atoms with Gasteiger partial charge in [-0.1, -0.05) is 15.9 Å². The number of benzene rings is 1. The summed E-state index contributed by atoms with van der Waals surface area (Å²) in [5, 5.41) is 3.86. The average molecular weight is 323 g/mol. The van der Waals surface area contributed by atoms with Gasteiger partial charge < -0.3 is 9.15 Å². The molecule has 0 atom stereocenters. The van der Waals surface area contributed by atoms with Crippen LogP contribution < -0.4 is 10.2 Å². The van der Waals surface area contributed by atoms with E-state index in [0.717, 1.165) is 10.0 Å². The van der Waals surface area contributed by atoms with E-state index >= 15 is 0 Å². The lowest BCUT2D eigenvalue weighted by molar-refractivity contribution is 0.0927. The molecule has 0 radical (unpaired) electrons. The highest BCUT2D eigenvalue weighted by Gasteiger charge is 2.06. The van der Waals surface area contributed by atoms with E-state index in [0.29, 0.717) is 5.75 Å². The van der Waals surface area contributed by atoms with E-state index < -0.39 is 5.91 Å². The molecule has 0 unspecified atom stereocenters. The van der Waals surface area contributed by atoms with Crippen molar-refractivity contribution >= 4 is 28.1 Å². The fourth-order valence-corrected chi connectivity index (χ4v) is 1.81. The molecule has 19 heavy (non-hydrogen) atoms. The zero-order valence-corrected chi connectivity index (χ0v) is 11.7. The average Bonchev–Trinajstić information content (AvgIpc) is 2.93. The summed E-state index contributed by atoms with van der Waals surface area (Å²) in [4.78, 5) is 11.6. The predicted molar refractivity (Wildman–Crippen MR) is 74.5 cm³/mol. The number of hydrogen-bond acceptors (Lipinski definition) is 4. The molecule has 98 valence electrons. The van der Waals surface area contributed by atoms with Crippen LogP contribution in [0.25, 0.3) is 0 Å². The summed E-state index contributed by atoms with van der Waals surface area (Å²) in [6.45, 7) is 0. The molecule has 1 amide bonds. The van der Waals surface area contributed by atoms with Crippen LogP contribution >= 0.6 is 15.9 Å². The number of nitrogens with one attached hydrogen (secondary N) is 1. The molecule has 0 spiro atoms. The third kappa shape index (κ3) is 3.45. The Hall–Kier alpha value is -2.08. The van der Waals surface area contributed by atoms with Crippen molar-refractivity contribution in [3.8, 4) is 5.75 Å². The first-order valence-electron chi connectivity index (χ1n) is 5.41. The first-order chi connectivity index (χ1) is 9.20. The monoisotopic (exact) mass is 322 g/mol. The van der Waals surface area contributed by atoms with E-state index in [-0.39, 0.29) is 5.76 Å². The van der Waals surface area contributed by atoms with Crippen LogP contribution in [-0.2, 0) is 0 Å². The second-order valence-electron chi connectivity index (χ2n) is 3.56. The number of halogens is 1. The van der Waals surface area contributed by atoms with Crippen molar-refractivity contribution in [2.24, 2.45) is 5.10 Å². The molecule has 0 fully saturated rings. The smallest absolute Gasteiger partial charge is 0.307 e. The number of carbonyl (C=O) groups excluding carboxylic acids is 1. The van der Waals surface area contributed by atoms with E-state index in [1.807, 2.05) is 12.1 Å². The van der Waals surface area contributed by atoms with Crippen molar-refractivity contribution in [3.05, 3.63) is 52.4 Å². The Balaban J connectivity index is 2.07. The summed E-state index contributed by atoms with van der Waals surface area (Å²) in [7, 11) is 1.57. The fourth-order valence-electron chi connectivity index (χ4n) is 1.43. The van der Waals surface area contributed by atoms with Gasteiger partial charge in [-0.05, 0) is 30.3 Å². The van der Waals surface area contributed by atoms with E-state index in [9.17, 15) is 4.79 Å². The van der Waals surface area contributed by atoms with Gasteiger partial charge in [0, 0.05) is 10.0 Å². The van der Waals surface area contributed by atoms with Crippen LogP contribution in [-0.4, -0.2) is 19.2 Å². The van der Waals surface area contributed by atoms with Gasteiger partial charge >= 0.3 is 5.91 Å². The maximum atomic E-state index is 11.6. The highest BCUT2D eigenvalue weighted by Crippen LogP contribution is 2.21. The minimum absolute atomic E-state index is 0.207. The third-order valence-electron chi connectivity index (χ3n) is 2.31. The van der Waals surface area contributed by atoms with Gasteiger partial charge in [0.2, 0.25) is 0 Å². The summed E-state index contributed by atoms with van der Waals surface area (Å²) in [5.41, 5.74) is 3.12. The Morgan fingerprint density at radius 3 is 3.00 bits per heavy atom. The number of carbonyl (C=O) groups is 1. The van der Waals surface area contributed by atoms with Crippen LogP contribution in [0.15, 0.2) is 50.6 Å². The molecular formula is C13H11BrN2O3. The lowest BCUT2D eigenvalue weighted by Gasteiger charge is -2.04. The zero-order chi connectivity index (χ0) is 13.7. The maximum absolute atomic E-state index is 11.6. The standard InChI is InChI=1S/C13H11BrN2O3/c1-18-11-5-4-10(14)7-9(11)8-15-16-13(17)12-3-2-6-19-12/h2-8H,1H3,(H,16,17)/b15-8+. The van der Waals surface area contributed by atoms with Gasteiger partial charge in [0.05, 0.1) is 19.6 Å². The molecule has 5 nitrogen and oxygen atoms in total. The van der Waals surface area contributed by atoms with Crippen molar-refractivity contribution in [2.75, 3.05) is 7.11 Å². The number of rotatable bonds is 4. The molecular weight excluding hydrogens is 312 g/mol. The number of nitrogens with zero attached hydrogens (tertiary/aromatic N) is 1. The largest absolute Gasteiger partial charge is 0.496 e. The molecule has 0 aliphatic heterocycles. The third-order valence-corrected chi connectivity index (χ3v) is 2.80. The summed E-state index contributed by atoms with van der Waals surface area (Å²) in [6.07, 6.45) is 2.93. The molecule has 0 saturated carbocycles. The van der Waals surface area contributed by atoms with Gasteiger partial charge in [-0.15, -0.1) is 0 Å². The Morgan fingerprint density at radius 2 is 2.32 bits per heavy atom. The fraction of sp³-hybridized carbons (Fsp3) is 0.0769. The van der Waals surface area contributed by atoms with Crippen molar-refractivity contribution in [1.29, 1.82) is 0 Å². The first kappa shape index (κ1) is 13.4. The molecule has 0 saturated heterocycles. The lowest BCUT2D eigenvalue weighted by atomic mass is 10.2. The minimum atomic E-state index is -0.407. The van der Waals surface area contributed by atoms with E-state index in [2.05, 4.69) is 26.5 Å². The van der Waals surface area contributed by atoms with Crippen LogP contribution in [0.5, 0.6) is 5.75 Å². The Bertz CT molecular complexity index is 594. The number of methoxy groups -OCH3 is 1. The van der Waals surface area contributed by atoms with Crippen LogP contribution in [0.4, 0.5) is 0 Å². The summed E-state index contributed by atoms with van der Waals surface area (Å²) in [5.74, 6) is 0.466. The number of hydrazone groups is 1. The number of amides is 1. The van der Waals surface area contributed by atoms with E-state index in [1.54, 1.807) is 25.3 Å². The first-order valence-corrected chi connectivity index (χ1v) is 6.20. The molecule has 1 aromatic heterocycles. The van der Waals surface area contributed by atoms with Crippen molar-refractivity contribution in [3.63, 3.8) is 0 Å². The second kappa shape index (κ2) is 6.19. The second-order valence-corrected chi connectivity index (χ2v) is 4.48. The number of furan rings is 1. The van der Waals surface area contributed by atoms with Crippen LogP contribution in [0, 0.1) is 0 Å². The normalized spacial score (nSPS) is 10.6. The summed E-state index contributed by atoms with van der Waals surface area (Å²) < 4.78 is 11.0. The zero-order valence-electron chi connectivity index (χ0n) is 10.1. The summed E-state index contributed by atoms with van der Waals surface area (Å²) >= 11 is 3.36. The van der Waals surface area contributed by atoms with Crippen molar-refractivity contribution < 1.29 is 13.9 Å². The van der Waals surface area contributed by atoms with Crippen molar-refractivity contribution in [1.82, 2.24) is 5.43 Å². The van der Waals surface area contributed by atoms with Gasteiger partial charge in [0.1, 0.15) is 5.75 Å². The van der Waals surface area contributed by atoms with Crippen LogP contribution in [0.3, 0.4) is 0 Å². The van der Waals surface area contributed by atoms with Gasteiger partial charge in [-0.3, -0.25) is 4.79 Å². The molecule has 0 aliphatic rings. The highest BCUT2D eigenvalue weighted by atomic mass is 79.9. The lowest BCUT2D eigenvalue weighted by Crippen LogP contribution is -2.16. The number of hydrogen-bond donors (Lipinski definition) is 1. The topological polar surface area (TPSA) is 63.8 Å². The molecule has 1 aromatic carbocycles. The molecule has 1 N–H and O–H groups in total.